The average molecular weight is 610 g/mol. The number of hydrogen-bond acceptors (Lipinski definition) is 4. The van der Waals surface area contributed by atoms with Gasteiger partial charge in [-0.15, -0.1) is 11.3 Å². The van der Waals surface area contributed by atoms with Gasteiger partial charge in [-0.3, -0.25) is 0 Å². The number of hydrogen-bond donors (Lipinski definition) is 0. The Morgan fingerprint density at radius 3 is 2.20 bits per heavy atom. The Kier molecular flexibility index (Phi) is 6.32. The van der Waals surface area contributed by atoms with Gasteiger partial charge in [-0.25, -0.2) is 15.0 Å². The van der Waals surface area contributed by atoms with E-state index in [1.165, 1.54) is 65.0 Å². The molecule has 2 aliphatic rings. The van der Waals surface area contributed by atoms with Crippen molar-refractivity contribution < 1.29 is 0 Å². The Balaban J connectivity index is 1.28. The van der Waals surface area contributed by atoms with Crippen molar-refractivity contribution in [2.75, 3.05) is 0 Å². The molecule has 2 aliphatic carbocycles. The summed E-state index contributed by atoms with van der Waals surface area (Å²) >= 11 is 1.90. The van der Waals surface area contributed by atoms with Gasteiger partial charge in [0.05, 0.1) is 0 Å². The predicted octanol–water partition coefficient (Wildman–Crippen LogP) is 10.9. The Morgan fingerprint density at radius 1 is 0.609 bits per heavy atom. The fourth-order valence-electron chi connectivity index (χ4n) is 7.27. The Hall–Kier alpha value is -5.19. The first-order chi connectivity index (χ1) is 22.6. The van der Waals surface area contributed by atoms with Gasteiger partial charge in [0.25, 0.3) is 0 Å². The first-order valence-electron chi connectivity index (χ1n) is 16.0. The van der Waals surface area contributed by atoms with E-state index in [4.69, 9.17) is 15.0 Å². The molecule has 7 aromatic rings. The first kappa shape index (κ1) is 27.1. The molecule has 46 heavy (non-hydrogen) atoms. The van der Waals surface area contributed by atoms with Gasteiger partial charge in [0, 0.05) is 26.3 Å². The molecular weight excluding hydrogens is 579 g/mol. The maximum atomic E-state index is 5.28. The fourth-order valence-corrected chi connectivity index (χ4v) is 8.52. The number of aryl methyl sites for hydroxylation is 3. The maximum absolute atomic E-state index is 5.28. The number of allylic oxidation sites excluding steroid dienone is 1. The van der Waals surface area contributed by atoms with Crippen molar-refractivity contribution in [3.63, 3.8) is 0 Å². The van der Waals surface area contributed by atoms with Gasteiger partial charge in [0.15, 0.2) is 17.5 Å². The van der Waals surface area contributed by atoms with E-state index in [0.717, 1.165) is 41.8 Å². The van der Waals surface area contributed by atoms with E-state index in [2.05, 4.69) is 129 Å². The molecule has 0 amide bonds. The molecule has 5 aromatic carbocycles. The molecule has 4 heteroatoms. The topological polar surface area (TPSA) is 38.7 Å². The molecule has 0 unspecified atom stereocenters. The number of fused-ring (bicyclic) bond motifs is 6. The zero-order chi connectivity index (χ0) is 30.8. The van der Waals surface area contributed by atoms with Crippen LogP contribution in [0.1, 0.15) is 39.1 Å². The standard InChI is InChI=1S/C42H31N3S/c1-25-11-3-5-14-29(25)39-26(2)12-9-19-35(39)42-44-40(28-21-22-33-32-16-7-8-20-37(32)46-38(33)24-28)43-41(45-42)34-18-10-17-31-30-15-6-4-13-27(30)23-36(31)34/h3-7,9-19,21-22,24H,8,20,23H2,1-2H3. The van der Waals surface area contributed by atoms with Gasteiger partial charge in [-0.2, -0.15) is 0 Å². The summed E-state index contributed by atoms with van der Waals surface area (Å²) in [6.07, 6.45) is 7.67. The zero-order valence-electron chi connectivity index (χ0n) is 25.8. The summed E-state index contributed by atoms with van der Waals surface area (Å²) < 4.78 is 1.28. The van der Waals surface area contributed by atoms with Crippen molar-refractivity contribution in [2.45, 2.75) is 33.1 Å². The van der Waals surface area contributed by atoms with Crippen LogP contribution in [0.3, 0.4) is 0 Å². The highest BCUT2D eigenvalue weighted by Gasteiger charge is 2.24. The molecule has 0 atom stereocenters. The monoisotopic (exact) mass is 609 g/mol. The summed E-state index contributed by atoms with van der Waals surface area (Å²) in [6, 6.07) is 37.0. The number of benzene rings is 5. The second-order valence-electron chi connectivity index (χ2n) is 12.4. The van der Waals surface area contributed by atoms with Crippen LogP contribution in [0.5, 0.6) is 0 Å². The SMILES string of the molecule is Cc1ccccc1-c1c(C)cccc1-c1nc(-c2ccc3c4c(sc3c2)CCC=C4)nc(-c2cccc3c2Cc2ccccc2-3)n1. The summed E-state index contributed by atoms with van der Waals surface area (Å²) in [7, 11) is 0. The molecule has 9 rings (SSSR count). The minimum absolute atomic E-state index is 0.698. The third-order valence-corrected chi connectivity index (χ3v) is 10.8. The normalized spacial score (nSPS) is 13.1. The summed E-state index contributed by atoms with van der Waals surface area (Å²) in [6.45, 7) is 4.35. The van der Waals surface area contributed by atoms with Crippen LogP contribution >= 0.6 is 11.3 Å². The van der Waals surface area contributed by atoms with Crippen LogP contribution in [-0.4, -0.2) is 15.0 Å². The summed E-state index contributed by atoms with van der Waals surface area (Å²) in [5.41, 5.74) is 14.5. The number of rotatable bonds is 4. The smallest absolute Gasteiger partial charge is 0.164 e. The second-order valence-corrected chi connectivity index (χ2v) is 13.5. The minimum Gasteiger partial charge on any atom is -0.208 e. The molecule has 0 aliphatic heterocycles. The molecule has 0 saturated heterocycles. The van der Waals surface area contributed by atoms with Gasteiger partial charge in [-0.05, 0) is 94.6 Å². The third kappa shape index (κ3) is 4.36. The highest BCUT2D eigenvalue weighted by atomic mass is 32.1. The molecule has 0 spiro atoms. The van der Waals surface area contributed by atoms with Gasteiger partial charge < -0.3 is 0 Å². The maximum Gasteiger partial charge on any atom is 0.164 e. The Bertz CT molecular complexity index is 2380. The number of aromatic nitrogens is 3. The lowest BCUT2D eigenvalue weighted by molar-refractivity contribution is 1.02. The van der Waals surface area contributed by atoms with E-state index in [1.54, 1.807) is 0 Å². The largest absolute Gasteiger partial charge is 0.208 e. The van der Waals surface area contributed by atoms with Crippen molar-refractivity contribution in [3.8, 4) is 56.4 Å². The van der Waals surface area contributed by atoms with Gasteiger partial charge in [0.1, 0.15) is 0 Å². The average Bonchev–Trinajstić information content (AvgIpc) is 3.66. The lowest BCUT2D eigenvalue weighted by Gasteiger charge is -2.16. The van der Waals surface area contributed by atoms with Gasteiger partial charge >= 0.3 is 0 Å². The van der Waals surface area contributed by atoms with Crippen LogP contribution in [-0.2, 0) is 12.8 Å². The van der Waals surface area contributed by atoms with Crippen LogP contribution in [0.15, 0.2) is 109 Å². The van der Waals surface area contributed by atoms with Crippen LogP contribution in [0.2, 0.25) is 0 Å². The molecule has 220 valence electrons. The van der Waals surface area contributed by atoms with Crippen molar-refractivity contribution in [3.05, 3.63) is 142 Å². The van der Waals surface area contributed by atoms with Crippen LogP contribution < -0.4 is 0 Å². The highest BCUT2D eigenvalue weighted by Crippen LogP contribution is 2.43. The van der Waals surface area contributed by atoms with Crippen LogP contribution in [0.4, 0.5) is 0 Å². The summed E-state index contributed by atoms with van der Waals surface area (Å²) in [5.74, 6) is 2.12. The molecule has 0 bridgehead atoms. The predicted molar refractivity (Wildman–Crippen MR) is 192 cm³/mol. The minimum atomic E-state index is 0.698. The summed E-state index contributed by atoms with van der Waals surface area (Å²) in [4.78, 5) is 17.2. The molecular formula is C42H31N3S. The second kappa shape index (κ2) is 10.7. The third-order valence-electron chi connectivity index (χ3n) is 9.54. The van der Waals surface area contributed by atoms with E-state index in [0.29, 0.717) is 11.6 Å². The van der Waals surface area contributed by atoms with E-state index in [9.17, 15) is 0 Å². The summed E-state index contributed by atoms with van der Waals surface area (Å²) in [5, 5.41) is 1.31. The zero-order valence-corrected chi connectivity index (χ0v) is 26.7. The number of nitrogens with zero attached hydrogens (tertiary/aromatic N) is 3. The Morgan fingerprint density at radius 2 is 1.30 bits per heavy atom. The fraction of sp³-hybridized carbons (Fsp3) is 0.119. The van der Waals surface area contributed by atoms with Crippen LogP contribution in [0.25, 0.3) is 72.6 Å². The molecule has 2 heterocycles. The van der Waals surface area contributed by atoms with Gasteiger partial charge in [0.2, 0.25) is 0 Å². The molecule has 3 nitrogen and oxygen atoms in total. The van der Waals surface area contributed by atoms with Crippen molar-refractivity contribution >= 4 is 27.5 Å². The quantitative estimate of drug-likeness (QED) is 0.199. The van der Waals surface area contributed by atoms with Crippen LogP contribution in [0, 0.1) is 13.8 Å². The van der Waals surface area contributed by atoms with Crippen molar-refractivity contribution in [1.29, 1.82) is 0 Å². The van der Waals surface area contributed by atoms with E-state index < -0.39 is 0 Å². The van der Waals surface area contributed by atoms with Crippen molar-refractivity contribution in [1.82, 2.24) is 15.0 Å². The highest BCUT2D eigenvalue weighted by molar-refractivity contribution is 7.19. The lowest BCUT2D eigenvalue weighted by atomic mass is 9.91. The number of thiophene rings is 1. The first-order valence-corrected chi connectivity index (χ1v) is 16.8. The van der Waals surface area contributed by atoms with E-state index in [1.807, 2.05) is 11.3 Å². The molecule has 2 aromatic heterocycles. The van der Waals surface area contributed by atoms with E-state index in [-0.39, 0.29) is 0 Å². The van der Waals surface area contributed by atoms with Crippen molar-refractivity contribution in [2.24, 2.45) is 0 Å². The Labute approximate surface area is 273 Å². The lowest BCUT2D eigenvalue weighted by Crippen LogP contribution is -2.03. The molecule has 0 saturated carbocycles. The molecule has 0 radical (unpaired) electrons. The molecule has 0 N–H and O–H groups in total. The van der Waals surface area contributed by atoms with E-state index >= 15 is 0 Å². The van der Waals surface area contributed by atoms with Gasteiger partial charge in [-0.1, -0.05) is 109 Å². The molecule has 0 fully saturated rings.